The maximum Gasteiger partial charge on any atom is 0.230 e. The highest BCUT2D eigenvalue weighted by Crippen LogP contribution is 2.35. The Bertz CT molecular complexity index is 478. The lowest BCUT2D eigenvalue weighted by atomic mass is 9.96. The first kappa shape index (κ1) is 14.9. The van der Waals surface area contributed by atoms with Crippen LogP contribution in [-0.2, 0) is 11.2 Å². The number of nitrogens with zero attached hydrogens (tertiary/aromatic N) is 1. The Hall–Kier alpha value is -1.51. The van der Waals surface area contributed by atoms with E-state index in [2.05, 4.69) is 20.8 Å². The molecule has 0 radical (unpaired) electrons. The second-order valence-electron chi connectivity index (χ2n) is 5.92. The van der Waals surface area contributed by atoms with Crippen molar-refractivity contribution < 1.29 is 4.79 Å². The Labute approximate surface area is 122 Å². The first-order chi connectivity index (χ1) is 9.58. The van der Waals surface area contributed by atoms with Gasteiger partial charge in [-0.15, -0.1) is 0 Å². The van der Waals surface area contributed by atoms with Gasteiger partial charge in [-0.3, -0.25) is 4.79 Å². The van der Waals surface area contributed by atoms with Crippen LogP contribution >= 0.6 is 0 Å². The van der Waals surface area contributed by atoms with Crippen LogP contribution in [0, 0.1) is 5.92 Å². The van der Waals surface area contributed by atoms with Gasteiger partial charge >= 0.3 is 0 Å². The van der Waals surface area contributed by atoms with Gasteiger partial charge in [0.05, 0.1) is 0 Å². The van der Waals surface area contributed by atoms with Crippen molar-refractivity contribution in [2.45, 2.75) is 58.9 Å². The van der Waals surface area contributed by atoms with E-state index in [0.29, 0.717) is 5.91 Å². The molecule has 0 bridgehead atoms. The molecule has 1 atom stereocenters. The number of anilines is 2. The molecule has 1 unspecified atom stereocenters. The minimum absolute atomic E-state index is 0.163. The van der Waals surface area contributed by atoms with E-state index in [9.17, 15) is 4.79 Å². The molecule has 1 aromatic rings. The molecule has 0 fully saturated rings. The van der Waals surface area contributed by atoms with Gasteiger partial charge in [-0.25, -0.2) is 0 Å². The smallest absolute Gasteiger partial charge is 0.230 e. The lowest BCUT2D eigenvalue weighted by Crippen LogP contribution is -2.40. The highest BCUT2D eigenvalue weighted by Gasteiger charge is 2.34. The fraction of sp³-hybridized carbons (Fsp3) is 0.588. The molecule has 3 nitrogen and oxygen atoms in total. The van der Waals surface area contributed by atoms with Crippen LogP contribution in [0.3, 0.4) is 0 Å². The predicted molar refractivity (Wildman–Crippen MR) is 84.8 cm³/mol. The topological polar surface area (TPSA) is 46.3 Å². The normalized spacial score (nSPS) is 17.6. The van der Waals surface area contributed by atoms with Gasteiger partial charge in [0.15, 0.2) is 0 Å². The molecular formula is C17H26N2O. The summed E-state index contributed by atoms with van der Waals surface area (Å²) < 4.78 is 0. The fourth-order valence-electron chi connectivity index (χ4n) is 3.27. The molecule has 0 aromatic heterocycles. The highest BCUT2D eigenvalue weighted by molar-refractivity contribution is 5.97. The van der Waals surface area contributed by atoms with Crippen molar-refractivity contribution in [1.29, 1.82) is 0 Å². The molecule has 0 saturated carbocycles. The van der Waals surface area contributed by atoms with Crippen LogP contribution in [-0.4, -0.2) is 11.9 Å². The quantitative estimate of drug-likeness (QED) is 0.831. The summed E-state index contributed by atoms with van der Waals surface area (Å²) >= 11 is 0. The molecule has 3 heteroatoms. The summed E-state index contributed by atoms with van der Waals surface area (Å²) in [5.74, 6) is 0.459. The van der Waals surface area contributed by atoms with Crippen molar-refractivity contribution in [3.8, 4) is 0 Å². The number of fused-ring (bicyclic) bond motifs is 1. The second kappa shape index (κ2) is 6.29. The molecule has 1 aliphatic heterocycles. The van der Waals surface area contributed by atoms with Crippen LogP contribution in [0.15, 0.2) is 18.2 Å². The Morgan fingerprint density at radius 2 is 2.00 bits per heavy atom. The van der Waals surface area contributed by atoms with Crippen molar-refractivity contribution in [1.82, 2.24) is 0 Å². The summed E-state index contributed by atoms with van der Waals surface area (Å²) in [4.78, 5) is 14.9. The maximum atomic E-state index is 12.9. The summed E-state index contributed by atoms with van der Waals surface area (Å²) in [6.45, 7) is 6.43. The number of rotatable bonds is 5. The largest absolute Gasteiger partial charge is 0.399 e. The number of nitrogens with two attached hydrogens (primary N) is 1. The lowest BCUT2D eigenvalue weighted by molar-refractivity contribution is -0.123. The summed E-state index contributed by atoms with van der Waals surface area (Å²) in [6.07, 6.45) is 5.01. The molecule has 1 aromatic carbocycles. The number of nitrogen functional groups attached to an aromatic ring is 1. The molecule has 110 valence electrons. The van der Waals surface area contributed by atoms with Crippen LogP contribution < -0.4 is 10.6 Å². The van der Waals surface area contributed by atoms with Gasteiger partial charge in [-0.2, -0.15) is 0 Å². The van der Waals surface area contributed by atoms with Crippen LogP contribution in [0.25, 0.3) is 0 Å². The van der Waals surface area contributed by atoms with Crippen LogP contribution in [0.1, 0.15) is 52.0 Å². The van der Waals surface area contributed by atoms with Gasteiger partial charge in [0.2, 0.25) is 5.91 Å². The summed E-state index contributed by atoms with van der Waals surface area (Å²) in [7, 11) is 0. The monoisotopic (exact) mass is 274 g/mol. The fourth-order valence-corrected chi connectivity index (χ4v) is 3.27. The number of carbonyl (C=O) groups is 1. The van der Waals surface area contributed by atoms with Crippen molar-refractivity contribution >= 4 is 17.3 Å². The molecule has 1 amide bonds. The molecule has 2 N–H and O–H groups in total. The average molecular weight is 274 g/mol. The van der Waals surface area contributed by atoms with Crippen LogP contribution in [0.5, 0.6) is 0 Å². The molecule has 2 rings (SSSR count). The number of hydrogen-bond acceptors (Lipinski definition) is 2. The maximum absolute atomic E-state index is 12.9. The number of hydrogen-bond donors (Lipinski definition) is 1. The average Bonchev–Trinajstić information content (AvgIpc) is 2.72. The molecule has 0 aliphatic carbocycles. The Morgan fingerprint density at radius 3 is 2.60 bits per heavy atom. The first-order valence-corrected chi connectivity index (χ1v) is 7.79. The van der Waals surface area contributed by atoms with Gasteiger partial charge in [0, 0.05) is 23.3 Å². The van der Waals surface area contributed by atoms with Crippen molar-refractivity contribution in [2.75, 3.05) is 10.6 Å². The van der Waals surface area contributed by atoms with Crippen LogP contribution in [0.4, 0.5) is 11.4 Å². The Kier molecular flexibility index (Phi) is 4.69. The van der Waals surface area contributed by atoms with E-state index >= 15 is 0 Å². The number of carbonyl (C=O) groups excluding carboxylic acids is 1. The van der Waals surface area contributed by atoms with Gasteiger partial charge < -0.3 is 10.6 Å². The van der Waals surface area contributed by atoms with E-state index < -0.39 is 0 Å². The van der Waals surface area contributed by atoms with Crippen molar-refractivity contribution in [3.05, 3.63) is 23.8 Å². The summed E-state index contributed by atoms with van der Waals surface area (Å²) in [5, 5.41) is 0. The zero-order valence-corrected chi connectivity index (χ0v) is 12.9. The number of benzene rings is 1. The van der Waals surface area contributed by atoms with Gasteiger partial charge in [0.25, 0.3) is 0 Å². The molecule has 0 saturated heterocycles. The molecular weight excluding hydrogens is 248 g/mol. The first-order valence-electron chi connectivity index (χ1n) is 7.79. The lowest BCUT2D eigenvalue weighted by Gasteiger charge is -2.27. The minimum atomic E-state index is 0.163. The second-order valence-corrected chi connectivity index (χ2v) is 5.92. The molecule has 1 heterocycles. The van der Waals surface area contributed by atoms with Gasteiger partial charge in [0.1, 0.15) is 0 Å². The van der Waals surface area contributed by atoms with Gasteiger partial charge in [-0.1, -0.05) is 26.7 Å². The van der Waals surface area contributed by atoms with E-state index in [-0.39, 0.29) is 12.0 Å². The minimum Gasteiger partial charge on any atom is -0.399 e. The third-order valence-electron chi connectivity index (χ3n) is 4.18. The zero-order valence-electron chi connectivity index (χ0n) is 12.9. The zero-order chi connectivity index (χ0) is 14.7. The molecule has 0 spiro atoms. The van der Waals surface area contributed by atoms with Crippen LogP contribution in [0.2, 0.25) is 0 Å². The number of amides is 1. The predicted octanol–water partition coefficient (Wildman–Crippen LogP) is 3.76. The Balaban J connectivity index is 2.26. The summed E-state index contributed by atoms with van der Waals surface area (Å²) in [6, 6.07) is 6.15. The van der Waals surface area contributed by atoms with E-state index in [4.69, 9.17) is 5.73 Å². The third-order valence-corrected chi connectivity index (χ3v) is 4.18. The van der Waals surface area contributed by atoms with E-state index in [0.717, 1.165) is 43.5 Å². The molecule has 20 heavy (non-hydrogen) atoms. The highest BCUT2D eigenvalue weighted by atomic mass is 16.2. The molecule has 1 aliphatic rings. The summed E-state index contributed by atoms with van der Waals surface area (Å²) in [5.41, 5.74) is 8.90. The Morgan fingerprint density at radius 1 is 1.35 bits per heavy atom. The van der Waals surface area contributed by atoms with Gasteiger partial charge in [-0.05, 0) is 49.9 Å². The van der Waals surface area contributed by atoms with E-state index in [1.807, 2.05) is 23.1 Å². The van der Waals surface area contributed by atoms with E-state index in [1.165, 1.54) is 5.56 Å². The standard InChI is InChI=1S/C17H26N2O/c1-4-6-13(7-5-2)17(20)19-12(3)10-14-11-15(18)8-9-16(14)19/h8-9,11-13H,4-7,10,18H2,1-3H3. The SMILES string of the molecule is CCCC(CCC)C(=O)N1c2ccc(N)cc2CC1C. The third kappa shape index (κ3) is 2.82. The van der Waals surface area contributed by atoms with E-state index in [1.54, 1.807) is 0 Å². The van der Waals surface area contributed by atoms with Crippen molar-refractivity contribution in [2.24, 2.45) is 5.92 Å². The van der Waals surface area contributed by atoms with Crippen molar-refractivity contribution in [3.63, 3.8) is 0 Å².